The SMILES string of the molecule is C[N+]([O-])(C(=O)OCC1c2ccccc2-c2ccccc21)[C@@H](CS)C(=O)O. The number of carbonyl (C=O) groups is 2. The molecule has 0 saturated heterocycles. The average molecular weight is 373 g/mol. The Morgan fingerprint density at radius 3 is 2.12 bits per heavy atom. The van der Waals surface area contributed by atoms with Crippen LogP contribution in [0.1, 0.15) is 17.0 Å². The minimum absolute atomic E-state index is 0.0259. The third kappa shape index (κ3) is 3.09. The third-order valence-corrected chi connectivity index (χ3v) is 5.10. The van der Waals surface area contributed by atoms with Crippen molar-refractivity contribution in [3.8, 4) is 11.1 Å². The number of quaternary nitrogens is 1. The van der Waals surface area contributed by atoms with E-state index in [9.17, 15) is 14.8 Å². The molecule has 0 fully saturated rings. The zero-order valence-electron chi connectivity index (χ0n) is 14.2. The molecule has 1 N–H and O–H groups in total. The first-order chi connectivity index (χ1) is 12.4. The second kappa shape index (κ2) is 7.11. The number of hydrogen-bond donors (Lipinski definition) is 2. The van der Waals surface area contributed by atoms with Gasteiger partial charge in [-0.1, -0.05) is 48.5 Å². The normalized spacial score (nSPS) is 16.3. The Bertz CT molecular complexity index is 806. The smallest absolute Gasteiger partial charge is 0.516 e. The number of carbonyl (C=O) groups excluding carboxylic acids is 1. The third-order valence-electron chi connectivity index (χ3n) is 4.75. The molecule has 0 heterocycles. The van der Waals surface area contributed by atoms with E-state index in [-0.39, 0.29) is 18.3 Å². The first kappa shape index (κ1) is 18.4. The molecule has 6 nitrogen and oxygen atoms in total. The van der Waals surface area contributed by atoms with E-state index >= 15 is 0 Å². The van der Waals surface area contributed by atoms with Crippen LogP contribution in [-0.2, 0) is 9.53 Å². The zero-order valence-corrected chi connectivity index (χ0v) is 15.1. The van der Waals surface area contributed by atoms with E-state index in [4.69, 9.17) is 9.84 Å². The van der Waals surface area contributed by atoms with Gasteiger partial charge in [0, 0.05) is 5.92 Å². The number of carboxylic acids is 1. The van der Waals surface area contributed by atoms with Crippen molar-refractivity contribution in [2.75, 3.05) is 19.4 Å². The Morgan fingerprint density at radius 1 is 1.15 bits per heavy atom. The molecule has 1 aliphatic rings. The molecular formula is C19H19NO5S. The number of ether oxygens (including phenoxy) is 1. The van der Waals surface area contributed by atoms with Crippen molar-refractivity contribution in [2.24, 2.45) is 0 Å². The quantitative estimate of drug-likeness (QED) is 0.477. The first-order valence-electron chi connectivity index (χ1n) is 8.14. The lowest BCUT2D eigenvalue weighted by molar-refractivity contribution is -0.801. The summed E-state index contributed by atoms with van der Waals surface area (Å²) in [4.78, 5) is 23.5. The van der Waals surface area contributed by atoms with Gasteiger partial charge >= 0.3 is 12.1 Å². The van der Waals surface area contributed by atoms with Crippen molar-refractivity contribution in [3.05, 3.63) is 64.9 Å². The van der Waals surface area contributed by atoms with Crippen LogP contribution in [0.4, 0.5) is 4.79 Å². The van der Waals surface area contributed by atoms with Crippen LogP contribution in [-0.4, -0.2) is 47.3 Å². The first-order valence-corrected chi connectivity index (χ1v) is 8.77. The summed E-state index contributed by atoms with van der Waals surface area (Å²) in [7, 11) is 0.980. The Labute approximate surface area is 156 Å². The van der Waals surface area contributed by atoms with Crippen LogP contribution in [0.2, 0.25) is 0 Å². The largest absolute Gasteiger partial charge is 0.622 e. The molecule has 2 atom stereocenters. The van der Waals surface area contributed by atoms with E-state index in [0.717, 1.165) is 29.3 Å². The van der Waals surface area contributed by atoms with E-state index in [1.807, 2.05) is 48.5 Å². The summed E-state index contributed by atoms with van der Waals surface area (Å²) in [5, 5.41) is 21.6. The van der Waals surface area contributed by atoms with Gasteiger partial charge < -0.3 is 15.1 Å². The highest BCUT2D eigenvalue weighted by molar-refractivity contribution is 7.80. The van der Waals surface area contributed by atoms with Gasteiger partial charge in [0.05, 0.1) is 12.8 Å². The highest BCUT2D eigenvalue weighted by atomic mass is 32.1. The maximum absolute atomic E-state index is 12.5. The molecule has 1 unspecified atom stereocenters. The van der Waals surface area contributed by atoms with E-state index < -0.39 is 22.8 Å². The molecule has 2 aromatic carbocycles. The number of likely N-dealkylation sites (N-methyl/N-ethyl adjacent to an activating group) is 1. The highest BCUT2D eigenvalue weighted by Gasteiger charge is 2.40. The number of carboxylic acid groups (broad SMARTS) is 1. The number of fused-ring (bicyclic) bond motifs is 3. The fourth-order valence-electron chi connectivity index (χ4n) is 3.29. The summed E-state index contributed by atoms with van der Waals surface area (Å²) in [6, 6.07) is 14.1. The highest BCUT2D eigenvalue weighted by Crippen LogP contribution is 2.44. The molecule has 0 bridgehead atoms. The molecule has 1 aliphatic carbocycles. The predicted octanol–water partition coefficient (Wildman–Crippen LogP) is 3.26. The minimum Gasteiger partial charge on any atom is -0.622 e. The van der Waals surface area contributed by atoms with Gasteiger partial charge in [-0.25, -0.2) is 9.44 Å². The lowest BCUT2D eigenvalue weighted by Crippen LogP contribution is -2.56. The van der Waals surface area contributed by atoms with Crippen molar-refractivity contribution < 1.29 is 24.1 Å². The number of hydrogen-bond acceptors (Lipinski definition) is 5. The van der Waals surface area contributed by atoms with Gasteiger partial charge in [-0.2, -0.15) is 17.4 Å². The van der Waals surface area contributed by atoms with Crippen LogP contribution in [0, 0.1) is 5.21 Å². The Kier molecular flexibility index (Phi) is 5.04. The minimum atomic E-state index is -1.66. The molecule has 2 aromatic rings. The van der Waals surface area contributed by atoms with Crippen LogP contribution in [0.5, 0.6) is 0 Å². The lowest BCUT2D eigenvalue weighted by atomic mass is 9.98. The van der Waals surface area contributed by atoms with Gasteiger partial charge in [-0.3, -0.25) is 0 Å². The van der Waals surface area contributed by atoms with Gasteiger partial charge in [-0.05, 0) is 22.3 Å². The van der Waals surface area contributed by atoms with E-state index in [0.29, 0.717) is 0 Å². The molecule has 3 rings (SSSR count). The van der Waals surface area contributed by atoms with Crippen molar-refractivity contribution in [1.82, 2.24) is 0 Å². The Hall–Kier alpha value is -2.35. The maximum Gasteiger partial charge on any atom is 0.516 e. The fourth-order valence-corrected chi connectivity index (χ4v) is 3.76. The average Bonchev–Trinajstić information content (AvgIpc) is 2.93. The molecule has 0 spiro atoms. The number of aliphatic carboxylic acids is 1. The van der Waals surface area contributed by atoms with Crippen LogP contribution < -0.4 is 0 Å². The molecule has 136 valence electrons. The zero-order chi connectivity index (χ0) is 18.9. The van der Waals surface area contributed by atoms with Gasteiger partial charge in [0.2, 0.25) is 6.04 Å². The lowest BCUT2D eigenvalue weighted by Gasteiger charge is -2.38. The summed E-state index contributed by atoms with van der Waals surface area (Å²) in [5.74, 6) is -1.84. The summed E-state index contributed by atoms with van der Waals surface area (Å²) in [5.41, 5.74) is 4.18. The summed E-state index contributed by atoms with van der Waals surface area (Å²) >= 11 is 3.87. The molecular weight excluding hydrogens is 354 g/mol. The Morgan fingerprint density at radius 2 is 1.65 bits per heavy atom. The van der Waals surface area contributed by atoms with Crippen molar-refractivity contribution in [3.63, 3.8) is 0 Å². The molecule has 26 heavy (non-hydrogen) atoms. The van der Waals surface area contributed by atoms with Crippen molar-refractivity contribution >= 4 is 24.7 Å². The van der Waals surface area contributed by atoms with Crippen LogP contribution in [0.3, 0.4) is 0 Å². The molecule has 1 amide bonds. The summed E-state index contributed by atoms with van der Waals surface area (Å²) < 4.78 is 3.60. The van der Waals surface area contributed by atoms with E-state index in [1.54, 1.807) is 0 Å². The van der Waals surface area contributed by atoms with Crippen LogP contribution in [0.15, 0.2) is 48.5 Å². The van der Waals surface area contributed by atoms with Crippen molar-refractivity contribution in [2.45, 2.75) is 12.0 Å². The van der Waals surface area contributed by atoms with Gasteiger partial charge in [0.15, 0.2) is 0 Å². The summed E-state index contributed by atoms with van der Waals surface area (Å²) in [6.45, 7) is -0.0259. The van der Waals surface area contributed by atoms with Crippen LogP contribution >= 0.6 is 12.6 Å². The van der Waals surface area contributed by atoms with Gasteiger partial charge in [0.25, 0.3) is 0 Å². The number of nitrogens with zero attached hydrogens (tertiary/aromatic N) is 1. The van der Waals surface area contributed by atoms with E-state index in [2.05, 4.69) is 12.6 Å². The van der Waals surface area contributed by atoms with Gasteiger partial charge in [0.1, 0.15) is 6.61 Å². The molecule has 0 aromatic heterocycles. The second-order valence-electron chi connectivity index (χ2n) is 6.33. The second-order valence-corrected chi connectivity index (χ2v) is 6.70. The molecule has 0 aliphatic heterocycles. The molecule has 0 radical (unpaired) electrons. The predicted molar refractivity (Wildman–Crippen MR) is 99.9 cm³/mol. The van der Waals surface area contributed by atoms with Gasteiger partial charge in [-0.15, -0.1) is 0 Å². The number of benzene rings is 2. The number of amides is 1. The number of hydroxylamine groups is 3. The number of rotatable bonds is 5. The summed E-state index contributed by atoms with van der Waals surface area (Å²) in [6.07, 6.45) is -1.13. The Balaban J connectivity index is 1.82. The number of thiol groups is 1. The fraction of sp³-hybridized carbons (Fsp3) is 0.263. The van der Waals surface area contributed by atoms with Crippen molar-refractivity contribution in [1.29, 1.82) is 0 Å². The topological polar surface area (TPSA) is 86.7 Å². The molecule has 0 saturated carbocycles. The van der Waals surface area contributed by atoms with E-state index in [1.165, 1.54) is 0 Å². The maximum atomic E-state index is 12.5. The van der Waals surface area contributed by atoms with Crippen LogP contribution in [0.25, 0.3) is 11.1 Å². The molecule has 7 heteroatoms. The monoisotopic (exact) mass is 373 g/mol. The standard InChI is InChI=1S/C19H19NO5S/c1-20(24,17(11-26)18(21)22)19(23)25-10-16-14-8-4-2-6-12(14)13-7-3-5-9-15(13)16/h2-9,16-17,26H,10-11H2,1H3,(H,21,22)/t17-,20?/m0/s1.